The first-order valence-electron chi connectivity index (χ1n) is 14.4. The van der Waals surface area contributed by atoms with Gasteiger partial charge in [-0.3, -0.25) is 9.59 Å². The number of rotatable bonds is 11. The molecule has 0 aromatic heterocycles. The number of phenolic OH excluding ortho intramolecular Hbond substituents is 1. The van der Waals surface area contributed by atoms with Gasteiger partial charge in [0, 0.05) is 18.7 Å². The van der Waals surface area contributed by atoms with E-state index in [-0.39, 0.29) is 18.1 Å². The number of nitrogens with zero attached hydrogens (tertiary/aromatic N) is 1. The van der Waals surface area contributed by atoms with Crippen LogP contribution in [0.15, 0.2) is 72.8 Å². The van der Waals surface area contributed by atoms with Crippen LogP contribution >= 0.6 is 0 Å². The van der Waals surface area contributed by atoms with Crippen molar-refractivity contribution < 1.29 is 24.2 Å². The minimum absolute atomic E-state index is 0.0960. The number of phenols is 1. The summed E-state index contributed by atoms with van der Waals surface area (Å²) in [7, 11) is 0. The SMILES string of the molecule is CCCCN(C(=O)C(Cc1ccc(O)cc1)NC(=O)OC(C)(C)C)C(C(=O)Nc1ccccc1C)c1cccc(C)c1. The molecule has 0 saturated heterocycles. The van der Waals surface area contributed by atoms with E-state index < -0.39 is 29.7 Å². The van der Waals surface area contributed by atoms with Crippen LogP contribution in [0.5, 0.6) is 5.75 Å². The number of aromatic hydroxyl groups is 1. The Morgan fingerprint density at radius 1 is 0.952 bits per heavy atom. The summed E-state index contributed by atoms with van der Waals surface area (Å²) in [5.74, 6) is -0.660. The Morgan fingerprint density at radius 3 is 2.26 bits per heavy atom. The van der Waals surface area contributed by atoms with Crippen molar-refractivity contribution in [2.75, 3.05) is 11.9 Å². The fraction of sp³-hybridized carbons (Fsp3) is 0.382. The highest BCUT2D eigenvalue weighted by atomic mass is 16.6. The second-order valence-electron chi connectivity index (χ2n) is 11.6. The van der Waals surface area contributed by atoms with Crippen LogP contribution in [-0.2, 0) is 20.7 Å². The summed E-state index contributed by atoms with van der Waals surface area (Å²) in [4.78, 5) is 43.0. The Labute approximate surface area is 249 Å². The molecule has 3 rings (SSSR count). The summed E-state index contributed by atoms with van der Waals surface area (Å²) >= 11 is 0. The largest absolute Gasteiger partial charge is 0.508 e. The maximum absolute atomic E-state index is 14.5. The molecule has 0 aliphatic carbocycles. The topological polar surface area (TPSA) is 108 Å². The number of aryl methyl sites for hydroxylation is 2. The van der Waals surface area contributed by atoms with Gasteiger partial charge in [0.1, 0.15) is 23.4 Å². The predicted molar refractivity (Wildman–Crippen MR) is 165 cm³/mol. The van der Waals surface area contributed by atoms with Crippen molar-refractivity contribution in [2.24, 2.45) is 0 Å². The summed E-state index contributed by atoms with van der Waals surface area (Å²) in [6.07, 6.45) is 0.864. The summed E-state index contributed by atoms with van der Waals surface area (Å²) in [5.41, 5.74) is 3.15. The van der Waals surface area contributed by atoms with Crippen molar-refractivity contribution in [2.45, 2.75) is 78.5 Å². The van der Waals surface area contributed by atoms with Crippen LogP contribution in [0.25, 0.3) is 0 Å². The van der Waals surface area contributed by atoms with E-state index in [0.29, 0.717) is 24.2 Å². The van der Waals surface area contributed by atoms with Gasteiger partial charge in [0.05, 0.1) is 0 Å². The molecule has 3 amide bonds. The molecule has 2 atom stereocenters. The number of nitrogens with one attached hydrogen (secondary N) is 2. The number of anilines is 1. The molecule has 0 aliphatic heterocycles. The van der Waals surface area contributed by atoms with Gasteiger partial charge >= 0.3 is 6.09 Å². The quantitative estimate of drug-likeness (QED) is 0.244. The van der Waals surface area contributed by atoms with Crippen LogP contribution in [0.2, 0.25) is 0 Å². The van der Waals surface area contributed by atoms with Crippen molar-refractivity contribution in [1.82, 2.24) is 10.2 Å². The van der Waals surface area contributed by atoms with Crippen LogP contribution in [0.4, 0.5) is 10.5 Å². The van der Waals surface area contributed by atoms with E-state index in [4.69, 9.17) is 4.74 Å². The second-order valence-corrected chi connectivity index (χ2v) is 11.6. The molecule has 0 spiro atoms. The zero-order chi connectivity index (χ0) is 30.9. The number of ether oxygens (including phenoxy) is 1. The van der Waals surface area contributed by atoms with Crippen molar-refractivity contribution in [3.05, 3.63) is 95.1 Å². The second kappa shape index (κ2) is 14.5. The summed E-state index contributed by atoms with van der Waals surface area (Å²) in [6.45, 7) is 11.4. The third-order valence-electron chi connectivity index (χ3n) is 6.72. The summed E-state index contributed by atoms with van der Waals surface area (Å²) in [5, 5.41) is 15.6. The molecule has 0 bridgehead atoms. The maximum atomic E-state index is 14.5. The molecule has 8 heteroatoms. The first-order chi connectivity index (χ1) is 19.9. The zero-order valence-corrected chi connectivity index (χ0v) is 25.4. The lowest BCUT2D eigenvalue weighted by atomic mass is 9.98. The highest BCUT2D eigenvalue weighted by Gasteiger charge is 2.36. The lowest BCUT2D eigenvalue weighted by Gasteiger charge is -2.35. The van der Waals surface area contributed by atoms with Gasteiger partial charge in [-0.25, -0.2) is 4.79 Å². The van der Waals surface area contributed by atoms with Crippen molar-refractivity contribution in [1.29, 1.82) is 0 Å². The van der Waals surface area contributed by atoms with E-state index in [9.17, 15) is 19.5 Å². The van der Waals surface area contributed by atoms with Crippen LogP contribution in [-0.4, -0.2) is 46.1 Å². The number of carbonyl (C=O) groups excluding carboxylic acids is 3. The minimum atomic E-state index is -1.03. The zero-order valence-electron chi connectivity index (χ0n) is 25.4. The van der Waals surface area contributed by atoms with Crippen molar-refractivity contribution in [3.63, 3.8) is 0 Å². The monoisotopic (exact) mass is 573 g/mol. The molecular weight excluding hydrogens is 530 g/mol. The van der Waals surface area contributed by atoms with E-state index in [1.165, 1.54) is 12.1 Å². The number of para-hydroxylation sites is 1. The number of benzene rings is 3. The lowest BCUT2D eigenvalue weighted by Crippen LogP contribution is -2.53. The number of carbonyl (C=O) groups is 3. The Kier molecular flexibility index (Phi) is 11.1. The molecule has 3 aromatic rings. The summed E-state index contributed by atoms with van der Waals surface area (Å²) in [6, 6.07) is 19.5. The fourth-order valence-corrected chi connectivity index (χ4v) is 4.64. The van der Waals surface area contributed by atoms with E-state index >= 15 is 0 Å². The highest BCUT2D eigenvalue weighted by molar-refractivity contribution is 5.99. The molecule has 0 fully saturated rings. The number of hydrogen-bond acceptors (Lipinski definition) is 5. The molecule has 2 unspecified atom stereocenters. The van der Waals surface area contributed by atoms with Gasteiger partial charge in [0.25, 0.3) is 5.91 Å². The number of alkyl carbamates (subject to hydrolysis) is 1. The third kappa shape index (κ3) is 9.36. The van der Waals surface area contributed by atoms with E-state index in [1.807, 2.05) is 69.3 Å². The number of hydrogen-bond donors (Lipinski definition) is 3. The van der Waals surface area contributed by atoms with E-state index in [1.54, 1.807) is 37.8 Å². The molecule has 0 aliphatic rings. The fourth-order valence-electron chi connectivity index (χ4n) is 4.64. The van der Waals surface area contributed by atoms with E-state index in [0.717, 1.165) is 23.1 Å². The first kappa shape index (κ1) is 32.2. The van der Waals surface area contributed by atoms with Gasteiger partial charge in [-0.15, -0.1) is 0 Å². The molecule has 3 N–H and O–H groups in total. The molecule has 42 heavy (non-hydrogen) atoms. The van der Waals surface area contributed by atoms with Crippen LogP contribution in [0.3, 0.4) is 0 Å². The molecule has 224 valence electrons. The van der Waals surface area contributed by atoms with Gasteiger partial charge in [0.2, 0.25) is 5.91 Å². The maximum Gasteiger partial charge on any atom is 0.408 e. The number of amides is 3. The highest BCUT2D eigenvalue weighted by Crippen LogP contribution is 2.27. The third-order valence-corrected chi connectivity index (χ3v) is 6.72. The molecule has 0 radical (unpaired) electrons. The predicted octanol–water partition coefficient (Wildman–Crippen LogP) is 6.45. The average Bonchev–Trinajstić information content (AvgIpc) is 2.91. The van der Waals surface area contributed by atoms with Crippen molar-refractivity contribution >= 4 is 23.6 Å². The molecular formula is C34H43N3O5. The normalized spacial score (nSPS) is 12.6. The Balaban J connectivity index is 2.07. The molecule has 0 saturated carbocycles. The van der Waals surface area contributed by atoms with E-state index in [2.05, 4.69) is 10.6 Å². The first-order valence-corrected chi connectivity index (χ1v) is 14.4. The lowest BCUT2D eigenvalue weighted by molar-refractivity contribution is -0.140. The van der Waals surface area contributed by atoms with Gasteiger partial charge in [-0.05, 0) is 75.9 Å². The smallest absolute Gasteiger partial charge is 0.408 e. The number of unbranched alkanes of at least 4 members (excludes halogenated alkanes) is 1. The Morgan fingerprint density at radius 2 is 1.64 bits per heavy atom. The Bertz CT molecular complexity index is 1360. The van der Waals surface area contributed by atoms with Gasteiger partial charge in [-0.1, -0.05) is 73.5 Å². The van der Waals surface area contributed by atoms with Crippen molar-refractivity contribution in [3.8, 4) is 5.75 Å². The molecule has 8 nitrogen and oxygen atoms in total. The molecule has 0 heterocycles. The Hall–Kier alpha value is -4.33. The van der Waals surface area contributed by atoms with Crippen LogP contribution in [0.1, 0.15) is 68.8 Å². The van der Waals surface area contributed by atoms with Gasteiger partial charge < -0.3 is 25.4 Å². The average molecular weight is 574 g/mol. The minimum Gasteiger partial charge on any atom is -0.508 e. The van der Waals surface area contributed by atoms with Gasteiger partial charge in [-0.2, -0.15) is 0 Å². The summed E-state index contributed by atoms with van der Waals surface area (Å²) < 4.78 is 5.50. The standard InChI is InChI=1S/C34H43N3O5/c1-7-8-20-37(30(26-14-11-12-23(2)21-26)31(39)35-28-15-10-9-13-24(28)3)32(40)29(36-33(41)42-34(4,5)6)22-25-16-18-27(38)19-17-25/h9-19,21,29-30,38H,7-8,20,22H2,1-6H3,(H,35,39)(H,36,41). The van der Waals surface area contributed by atoms with Gasteiger partial charge in [0.15, 0.2) is 0 Å². The van der Waals surface area contributed by atoms with Crippen LogP contribution in [0, 0.1) is 13.8 Å². The van der Waals surface area contributed by atoms with Crippen LogP contribution < -0.4 is 10.6 Å². The molecule has 3 aromatic carbocycles.